The van der Waals surface area contributed by atoms with Crippen molar-refractivity contribution in [3.63, 3.8) is 0 Å². The van der Waals surface area contributed by atoms with E-state index in [2.05, 4.69) is 5.32 Å². The topological polar surface area (TPSA) is 55.1 Å². The monoisotopic (exact) mass is 198 g/mol. The zero-order valence-electron chi connectivity index (χ0n) is 7.78. The predicted octanol–water partition coefficient (Wildman–Crippen LogP) is 1.67. The highest BCUT2D eigenvalue weighted by atomic mass is 32.1. The second kappa shape index (κ2) is 4.39. The Morgan fingerprint density at radius 3 is 2.77 bits per heavy atom. The molecule has 0 aliphatic carbocycles. The molecule has 0 unspecified atom stereocenters. The van der Waals surface area contributed by atoms with Crippen molar-refractivity contribution in [2.75, 3.05) is 5.32 Å². The number of carbonyl (C=O) groups excluding carboxylic acids is 1. The molecular formula is C9H14N2OS. The van der Waals surface area contributed by atoms with Gasteiger partial charge in [-0.25, -0.2) is 0 Å². The fourth-order valence-corrected chi connectivity index (χ4v) is 1.45. The molecule has 1 atom stereocenters. The number of nitrogens with two attached hydrogens (primary N) is 1. The fourth-order valence-electron chi connectivity index (χ4n) is 0.864. The van der Waals surface area contributed by atoms with E-state index in [9.17, 15) is 4.79 Å². The van der Waals surface area contributed by atoms with Crippen molar-refractivity contribution in [1.29, 1.82) is 0 Å². The second-order valence-corrected chi connectivity index (χ2v) is 4.05. The molecular weight excluding hydrogens is 184 g/mol. The van der Waals surface area contributed by atoms with Crippen LogP contribution in [0.5, 0.6) is 0 Å². The average Bonchev–Trinajstić information content (AvgIpc) is 2.55. The molecule has 0 radical (unpaired) electrons. The van der Waals surface area contributed by atoms with E-state index >= 15 is 0 Å². The zero-order chi connectivity index (χ0) is 9.84. The summed E-state index contributed by atoms with van der Waals surface area (Å²) in [5.41, 5.74) is 6.49. The third-order valence-electron chi connectivity index (χ3n) is 1.81. The van der Waals surface area contributed by atoms with Crippen molar-refractivity contribution in [1.82, 2.24) is 0 Å². The first kappa shape index (κ1) is 10.2. The van der Waals surface area contributed by atoms with Crippen LogP contribution in [0.3, 0.4) is 0 Å². The van der Waals surface area contributed by atoms with Crippen molar-refractivity contribution in [3.05, 3.63) is 16.8 Å². The zero-order valence-corrected chi connectivity index (χ0v) is 8.60. The highest BCUT2D eigenvalue weighted by Gasteiger charge is 2.16. The van der Waals surface area contributed by atoms with E-state index in [0.717, 1.165) is 5.69 Å². The van der Waals surface area contributed by atoms with Gasteiger partial charge in [-0.1, -0.05) is 13.8 Å². The van der Waals surface area contributed by atoms with Crippen LogP contribution in [0, 0.1) is 5.92 Å². The lowest BCUT2D eigenvalue weighted by molar-refractivity contribution is -0.118. The molecule has 0 bridgehead atoms. The van der Waals surface area contributed by atoms with Gasteiger partial charge in [0.25, 0.3) is 0 Å². The summed E-state index contributed by atoms with van der Waals surface area (Å²) in [4.78, 5) is 11.4. The number of hydrogen-bond donors (Lipinski definition) is 2. The summed E-state index contributed by atoms with van der Waals surface area (Å²) in [6.45, 7) is 3.86. The Kier molecular flexibility index (Phi) is 3.45. The molecule has 1 rings (SSSR count). The number of amides is 1. The van der Waals surface area contributed by atoms with Crippen LogP contribution in [0.2, 0.25) is 0 Å². The Bertz CT molecular complexity index is 269. The molecule has 72 valence electrons. The summed E-state index contributed by atoms with van der Waals surface area (Å²) >= 11 is 1.55. The van der Waals surface area contributed by atoms with E-state index in [1.165, 1.54) is 0 Å². The Morgan fingerprint density at radius 2 is 2.31 bits per heavy atom. The summed E-state index contributed by atoms with van der Waals surface area (Å²) in [5.74, 6) is 0.0482. The van der Waals surface area contributed by atoms with Gasteiger partial charge in [0.05, 0.1) is 11.7 Å². The number of carbonyl (C=O) groups is 1. The molecule has 0 aliphatic heterocycles. The van der Waals surface area contributed by atoms with E-state index in [1.807, 2.05) is 30.7 Å². The molecule has 3 N–H and O–H groups in total. The number of anilines is 1. The maximum Gasteiger partial charge on any atom is 0.241 e. The minimum absolute atomic E-state index is 0.117. The molecule has 1 amide bonds. The summed E-state index contributed by atoms with van der Waals surface area (Å²) < 4.78 is 0. The van der Waals surface area contributed by atoms with Gasteiger partial charge < -0.3 is 11.1 Å². The molecule has 3 nitrogen and oxygen atoms in total. The largest absolute Gasteiger partial charge is 0.324 e. The number of nitrogens with one attached hydrogen (secondary N) is 1. The first-order chi connectivity index (χ1) is 6.11. The van der Waals surface area contributed by atoms with Crippen molar-refractivity contribution in [2.45, 2.75) is 19.9 Å². The lowest BCUT2D eigenvalue weighted by atomic mass is 10.1. The lowest BCUT2D eigenvalue weighted by Gasteiger charge is -2.14. The van der Waals surface area contributed by atoms with Crippen LogP contribution in [-0.4, -0.2) is 11.9 Å². The van der Waals surface area contributed by atoms with Gasteiger partial charge in [-0.2, -0.15) is 11.3 Å². The third-order valence-corrected chi connectivity index (χ3v) is 2.49. The highest BCUT2D eigenvalue weighted by molar-refractivity contribution is 7.08. The van der Waals surface area contributed by atoms with Crippen molar-refractivity contribution in [2.24, 2.45) is 11.7 Å². The molecule has 4 heteroatoms. The summed E-state index contributed by atoms with van der Waals surface area (Å²) in [6, 6.07) is 1.43. The van der Waals surface area contributed by atoms with Crippen LogP contribution in [0.25, 0.3) is 0 Å². The lowest BCUT2D eigenvalue weighted by Crippen LogP contribution is -2.39. The standard InChI is InChI=1S/C9H14N2OS/c1-6(2)8(10)9(12)11-7-3-4-13-5-7/h3-6,8H,10H2,1-2H3,(H,11,12)/t8-/m0/s1. The number of rotatable bonds is 3. The van der Waals surface area contributed by atoms with Gasteiger partial charge >= 0.3 is 0 Å². The molecule has 1 heterocycles. The Morgan fingerprint density at radius 1 is 1.62 bits per heavy atom. The van der Waals surface area contributed by atoms with Gasteiger partial charge in [0.1, 0.15) is 0 Å². The maximum absolute atomic E-state index is 11.4. The van der Waals surface area contributed by atoms with Gasteiger partial charge in [-0.05, 0) is 17.4 Å². The molecule has 0 fully saturated rings. The fraction of sp³-hybridized carbons (Fsp3) is 0.444. The summed E-state index contributed by atoms with van der Waals surface area (Å²) in [5, 5.41) is 6.54. The number of hydrogen-bond acceptors (Lipinski definition) is 3. The Labute approximate surface area is 81.9 Å². The predicted molar refractivity (Wildman–Crippen MR) is 55.8 cm³/mol. The van der Waals surface area contributed by atoms with E-state index in [4.69, 9.17) is 5.73 Å². The quantitative estimate of drug-likeness (QED) is 0.776. The number of thiophene rings is 1. The smallest absolute Gasteiger partial charge is 0.241 e. The van der Waals surface area contributed by atoms with E-state index < -0.39 is 6.04 Å². The minimum atomic E-state index is -0.431. The molecule has 13 heavy (non-hydrogen) atoms. The minimum Gasteiger partial charge on any atom is -0.324 e. The maximum atomic E-state index is 11.4. The van der Waals surface area contributed by atoms with Crippen LogP contribution in [0.4, 0.5) is 5.69 Å². The molecule has 0 aromatic carbocycles. The summed E-state index contributed by atoms with van der Waals surface area (Å²) in [7, 11) is 0. The van der Waals surface area contributed by atoms with Crippen molar-refractivity contribution in [3.8, 4) is 0 Å². The molecule has 1 aromatic rings. The van der Waals surface area contributed by atoms with Gasteiger partial charge in [0, 0.05) is 5.38 Å². The van der Waals surface area contributed by atoms with Crippen LogP contribution >= 0.6 is 11.3 Å². The third kappa shape index (κ3) is 2.82. The van der Waals surface area contributed by atoms with Crippen LogP contribution in [-0.2, 0) is 4.79 Å². The van der Waals surface area contributed by atoms with E-state index in [0.29, 0.717) is 0 Å². The molecule has 0 saturated heterocycles. The van der Waals surface area contributed by atoms with Gasteiger partial charge in [-0.15, -0.1) is 0 Å². The first-order valence-electron chi connectivity index (χ1n) is 4.20. The van der Waals surface area contributed by atoms with Crippen molar-refractivity contribution < 1.29 is 4.79 Å². The molecule has 0 aliphatic rings. The Balaban J connectivity index is 2.51. The van der Waals surface area contributed by atoms with Crippen LogP contribution in [0.1, 0.15) is 13.8 Å². The van der Waals surface area contributed by atoms with Crippen LogP contribution in [0.15, 0.2) is 16.8 Å². The second-order valence-electron chi connectivity index (χ2n) is 3.27. The van der Waals surface area contributed by atoms with Gasteiger partial charge in [0.15, 0.2) is 0 Å². The van der Waals surface area contributed by atoms with Gasteiger partial charge in [-0.3, -0.25) is 4.79 Å². The molecule has 1 aromatic heterocycles. The average molecular weight is 198 g/mol. The first-order valence-corrected chi connectivity index (χ1v) is 5.14. The SMILES string of the molecule is CC(C)[C@H](N)C(=O)Nc1ccsc1. The van der Waals surface area contributed by atoms with E-state index in [1.54, 1.807) is 11.3 Å². The normalized spacial score (nSPS) is 12.9. The highest BCUT2D eigenvalue weighted by Crippen LogP contribution is 2.12. The summed E-state index contributed by atoms with van der Waals surface area (Å²) in [6.07, 6.45) is 0. The molecule has 0 saturated carbocycles. The van der Waals surface area contributed by atoms with Crippen molar-refractivity contribution >= 4 is 22.9 Å². The molecule has 0 spiro atoms. The van der Waals surface area contributed by atoms with E-state index in [-0.39, 0.29) is 11.8 Å². The van der Waals surface area contributed by atoms with Crippen LogP contribution < -0.4 is 11.1 Å². The Hall–Kier alpha value is -0.870. The van der Waals surface area contributed by atoms with Gasteiger partial charge in [0.2, 0.25) is 5.91 Å².